The second-order valence-corrected chi connectivity index (χ2v) is 8.30. The number of hydrogen-bond donors (Lipinski definition) is 7. The third-order valence-corrected chi connectivity index (χ3v) is 5.64. The van der Waals surface area contributed by atoms with Gasteiger partial charge in [-0.3, -0.25) is 19.2 Å². The van der Waals surface area contributed by atoms with Crippen molar-refractivity contribution >= 4 is 29.6 Å². The van der Waals surface area contributed by atoms with E-state index in [1.54, 1.807) is 62.5 Å². The van der Waals surface area contributed by atoms with Gasteiger partial charge in [0.25, 0.3) is 5.91 Å². The molecule has 0 radical (unpaired) electrons. The number of benzene rings is 1. The SMILES string of the molecule is CCC(NC(=O)CC(NC(=O)C(CO)NC(=O)C(CC)NC(=O)c1ccc[nH]1)c1ccccc1)C(=O)O. The molecule has 1 aromatic carbocycles. The third kappa shape index (κ3) is 8.76. The predicted molar refractivity (Wildman–Crippen MR) is 133 cm³/mol. The predicted octanol–water partition coefficient (Wildman–Crippen LogP) is 0.227. The first-order valence-electron chi connectivity index (χ1n) is 11.9. The average molecular weight is 516 g/mol. The highest BCUT2D eigenvalue weighted by molar-refractivity contribution is 5.97. The molecule has 0 aliphatic heterocycles. The lowest BCUT2D eigenvalue weighted by Gasteiger charge is -2.25. The van der Waals surface area contributed by atoms with Crippen molar-refractivity contribution in [3.63, 3.8) is 0 Å². The summed E-state index contributed by atoms with van der Waals surface area (Å²) in [6.07, 6.45) is 1.71. The summed E-state index contributed by atoms with van der Waals surface area (Å²) in [5, 5.41) is 29.1. The van der Waals surface area contributed by atoms with Gasteiger partial charge in [-0.25, -0.2) is 4.79 Å². The number of H-pyrrole nitrogens is 1. The Morgan fingerprint density at radius 2 is 1.46 bits per heavy atom. The maximum atomic E-state index is 13.0. The Kier molecular flexibility index (Phi) is 11.3. The Labute approximate surface area is 214 Å². The number of rotatable bonds is 14. The van der Waals surface area contributed by atoms with Crippen LogP contribution >= 0.6 is 0 Å². The Hall–Kier alpha value is -4.19. The van der Waals surface area contributed by atoms with E-state index in [2.05, 4.69) is 26.3 Å². The third-order valence-electron chi connectivity index (χ3n) is 5.64. The number of aliphatic hydroxyl groups is 1. The van der Waals surface area contributed by atoms with Crippen molar-refractivity contribution in [1.29, 1.82) is 0 Å². The summed E-state index contributed by atoms with van der Waals surface area (Å²) in [6, 6.07) is 7.46. The van der Waals surface area contributed by atoms with Gasteiger partial charge >= 0.3 is 5.97 Å². The van der Waals surface area contributed by atoms with E-state index < -0.39 is 60.4 Å². The minimum Gasteiger partial charge on any atom is -0.480 e. The van der Waals surface area contributed by atoms with E-state index in [0.29, 0.717) is 5.56 Å². The van der Waals surface area contributed by atoms with Crippen molar-refractivity contribution < 1.29 is 34.2 Å². The zero-order valence-corrected chi connectivity index (χ0v) is 20.7. The molecule has 0 spiro atoms. The van der Waals surface area contributed by atoms with Crippen molar-refractivity contribution in [3.8, 4) is 0 Å². The van der Waals surface area contributed by atoms with Gasteiger partial charge in [0.05, 0.1) is 19.1 Å². The highest BCUT2D eigenvalue weighted by atomic mass is 16.4. The van der Waals surface area contributed by atoms with Gasteiger partial charge in [-0.05, 0) is 30.5 Å². The Bertz CT molecular complexity index is 1060. The van der Waals surface area contributed by atoms with Crippen molar-refractivity contribution in [2.24, 2.45) is 0 Å². The lowest BCUT2D eigenvalue weighted by molar-refractivity contribution is -0.142. The molecule has 4 unspecified atom stereocenters. The van der Waals surface area contributed by atoms with E-state index in [4.69, 9.17) is 0 Å². The number of amides is 4. The Balaban J connectivity index is 2.09. The minimum atomic E-state index is -1.36. The molecule has 1 aromatic heterocycles. The standard InChI is InChI=1S/C25H33N5O7/c1-3-16(28-23(34)18-11-8-12-26-18)22(33)30-20(14-31)24(35)29-19(15-9-6-5-7-10-15)13-21(32)27-17(4-2)25(36)37/h5-12,16-17,19-20,26,31H,3-4,13-14H2,1-2H3,(H,27,32)(H,28,34)(H,29,35)(H,30,33)(H,36,37). The quantitative estimate of drug-likeness (QED) is 0.187. The van der Waals surface area contributed by atoms with Crippen LogP contribution in [0.15, 0.2) is 48.7 Å². The van der Waals surface area contributed by atoms with Crippen LogP contribution in [-0.2, 0) is 19.2 Å². The molecule has 200 valence electrons. The van der Waals surface area contributed by atoms with Crippen molar-refractivity contribution in [3.05, 3.63) is 59.9 Å². The highest BCUT2D eigenvalue weighted by Crippen LogP contribution is 2.17. The van der Waals surface area contributed by atoms with E-state index in [1.807, 2.05) is 0 Å². The zero-order chi connectivity index (χ0) is 27.4. The van der Waals surface area contributed by atoms with Crippen LogP contribution in [0.2, 0.25) is 0 Å². The van der Waals surface area contributed by atoms with Crippen molar-refractivity contribution in [2.75, 3.05) is 6.61 Å². The van der Waals surface area contributed by atoms with Gasteiger partial charge in [-0.1, -0.05) is 44.2 Å². The monoisotopic (exact) mass is 515 g/mol. The molecule has 2 aromatic rings. The fourth-order valence-corrected chi connectivity index (χ4v) is 3.51. The molecule has 0 bridgehead atoms. The van der Waals surface area contributed by atoms with E-state index in [-0.39, 0.29) is 25.0 Å². The average Bonchev–Trinajstić information content (AvgIpc) is 3.43. The molecule has 7 N–H and O–H groups in total. The molecule has 2 rings (SSSR count). The second-order valence-electron chi connectivity index (χ2n) is 8.30. The first kappa shape index (κ1) is 29.0. The van der Waals surface area contributed by atoms with Crippen LogP contribution in [0.4, 0.5) is 0 Å². The summed E-state index contributed by atoms with van der Waals surface area (Å²) >= 11 is 0. The minimum absolute atomic E-state index is 0.182. The van der Waals surface area contributed by atoms with Crippen LogP contribution in [0.5, 0.6) is 0 Å². The van der Waals surface area contributed by atoms with E-state index in [1.165, 1.54) is 0 Å². The molecule has 0 aliphatic rings. The molecule has 4 atom stereocenters. The summed E-state index contributed by atoms with van der Waals surface area (Å²) in [4.78, 5) is 64.6. The van der Waals surface area contributed by atoms with Gasteiger partial charge in [-0.15, -0.1) is 0 Å². The van der Waals surface area contributed by atoms with Crippen LogP contribution < -0.4 is 21.3 Å². The van der Waals surface area contributed by atoms with Crippen LogP contribution in [0.3, 0.4) is 0 Å². The number of aromatic nitrogens is 1. The number of aromatic amines is 1. The van der Waals surface area contributed by atoms with E-state index in [9.17, 15) is 34.2 Å². The van der Waals surface area contributed by atoms with Crippen LogP contribution in [-0.4, -0.2) is 69.5 Å². The molecular weight excluding hydrogens is 482 g/mol. The smallest absolute Gasteiger partial charge is 0.326 e. The summed E-state index contributed by atoms with van der Waals surface area (Å²) in [6.45, 7) is 2.56. The summed E-state index contributed by atoms with van der Waals surface area (Å²) < 4.78 is 0. The lowest BCUT2D eigenvalue weighted by atomic mass is 10.0. The Morgan fingerprint density at radius 1 is 0.811 bits per heavy atom. The molecule has 37 heavy (non-hydrogen) atoms. The highest BCUT2D eigenvalue weighted by Gasteiger charge is 2.29. The molecule has 12 heteroatoms. The fourth-order valence-electron chi connectivity index (χ4n) is 3.51. The molecule has 4 amide bonds. The maximum Gasteiger partial charge on any atom is 0.326 e. The number of nitrogens with one attached hydrogen (secondary N) is 5. The van der Waals surface area contributed by atoms with Gasteiger partial charge in [0, 0.05) is 6.20 Å². The summed E-state index contributed by atoms with van der Waals surface area (Å²) in [5.74, 6) is -3.69. The topological polar surface area (TPSA) is 190 Å². The number of aliphatic hydroxyl groups excluding tert-OH is 1. The molecule has 12 nitrogen and oxygen atoms in total. The maximum absolute atomic E-state index is 13.0. The first-order valence-corrected chi connectivity index (χ1v) is 11.9. The van der Waals surface area contributed by atoms with Gasteiger partial charge < -0.3 is 36.5 Å². The second kappa shape index (κ2) is 14.4. The largest absolute Gasteiger partial charge is 0.480 e. The zero-order valence-electron chi connectivity index (χ0n) is 20.7. The van der Waals surface area contributed by atoms with Crippen LogP contribution in [0.25, 0.3) is 0 Å². The molecule has 0 saturated heterocycles. The molecule has 1 heterocycles. The van der Waals surface area contributed by atoms with Gasteiger partial charge in [0.2, 0.25) is 17.7 Å². The summed E-state index contributed by atoms with van der Waals surface area (Å²) in [5.41, 5.74) is 0.835. The molecule has 0 aliphatic carbocycles. The number of carbonyl (C=O) groups excluding carboxylic acids is 4. The normalized spacial score (nSPS) is 13.9. The lowest BCUT2D eigenvalue weighted by Crippen LogP contribution is -2.55. The molecule has 0 fully saturated rings. The number of aliphatic carboxylic acids is 1. The van der Waals surface area contributed by atoms with Crippen LogP contribution in [0.1, 0.15) is 55.2 Å². The van der Waals surface area contributed by atoms with Crippen LogP contribution in [0, 0.1) is 0 Å². The molecular formula is C25H33N5O7. The van der Waals surface area contributed by atoms with Crippen molar-refractivity contribution in [1.82, 2.24) is 26.3 Å². The number of carboxylic acids is 1. The number of carbonyl (C=O) groups is 5. The fraction of sp³-hybridized carbons (Fsp3) is 0.400. The van der Waals surface area contributed by atoms with Crippen molar-refractivity contribution in [2.45, 2.75) is 57.3 Å². The van der Waals surface area contributed by atoms with Gasteiger partial charge in [0.15, 0.2) is 0 Å². The van der Waals surface area contributed by atoms with E-state index >= 15 is 0 Å². The van der Waals surface area contributed by atoms with E-state index in [0.717, 1.165) is 0 Å². The number of hydrogen-bond acceptors (Lipinski definition) is 6. The first-order chi connectivity index (χ1) is 17.7. The molecule has 0 saturated carbocycles. The van der Waals surface area contributed by atoms with Gasteiger partial charge in [-0.2, -0.15) is 0 Å². The Morgan fingerprint density at radius 3 is 2.00 bits per heavy atom. The summed E-state index contributed by atoms with van der Waals surface area (Å²) in [7, 11) is 0. The van der Waals surface area contributed by atoms with Gasteiger partial charge in [0.1, 0.15) is 23.8 Å². The number of carboxylic acid groups (broad SMARTS) is 1.